The first-order valence-corrected chi connectivity index (χ1v) is 14.5. The third-order valence-electron chi connectivity index (χ3n) is 6.07. The molecule has 176 valence electrons. The molecule has 4 heterocycles. The lowest BCUT2D eigenvalue weighted by atomic mass is 10.0. The van der Waals surface area contributed by atoms with Crippen LogP contribution < -0.4 is 4.90 Å². The molecular weight excluding hydrogens is 523 g/mol. The highest BCUT2D eigenvalue weighted by Gasteiger charge is 2.40. The van der Waals surface area contributed by atoms with Crippen LogP contribution >= 0.6 is 45.9 Å². The summed E-state index contributed by atoms with van der Waals surface area (Å²) in [6.07, 6.45) is 2.11. The number of thiophene rings is 1. The van der Waals surface area contributed by atoms with Gasteiger partial charge in [-0.05, 0) is 37.1 Å². The molecule has 3 aromatic rings. The van der Waals surface area contributed by atoms with Gasteiger partial charge in [0.1, 0.15) is 15.8 Å². The molecule has 7 nitrogen and oxygen atoms in total. The zero-order chi connectivity index (χ0) is 23.2. The summed E-state index contributed by atoms with van der Waals surface area (Å²) in [5.41, 5.74) is 0.800. The Morgan fingerprint density at radius 3 is 2.48 bits per heavy atom. The van der Waals surface area contributed by atoms with E-state index in [0.717, 1.165) is 39.5 Å². The van der Waals surface area contributed by atoms with Gasteiger partial charge in [-0.25, -0.2) is 13.4 Å². The number of amides is 1. The number of para-hydroxylation sites is 1. The largest absolute Gasteiger partial charge is 0.345 e. The number of benzene rings is 1. The van der Waals surface area contributed by atoms with Crippen molar-refractivity contribution in [2.24, 2.45) is 0 Å². The van der Waals surface area contributed by atoms with Crippen molar-refractivity contribution in [3.63, 3.8) is 0 Å². The molecule has 0 saturated carbocycles. The van der Waals surface area contributed by atoms with E-state index in [9.17, 15) is 13.2 Å². The molecule has 0 spiro atoms. The van der Waals surface area contributed by atoms with Gasteiger partial charge in [-0.15, -0.1) is 11.3 Å². The number of carbonyl (C=O) groups is 1. The molecular formula is C21H22Cl2N4O3S3. The summed E-state index contributed by atoms with van der Waals surface area (Å²) in [6, 6.07) is 8.17. The van der Waals surface area contributed by atoms with Gasteiger partial charge in [0, 0.05) is 32.7 Å². The lowest BCUT2D eigenvalue weighted by molar-refractivity contribution is -0.136. The number of piperidine rings is 1. The smallest absolute Gasteiger partial charge is 0.253 e. The van der Waals surface area contributed by atoms with Crippen LogP contribution in [0.25, 0.3) is 10.2 Å². The zero-order valence-corrected chi connectivity index (χ0v) is 21.6. The van der Waals surface area contributed by atoms with Gasteiger partial charge in [0.05, 0.1) is 14.1 Å². The Morgan fingerprint density at radius 1 is 1.00 bits per heavy atom. The highest BCUT2D eigenvalue weighted by Crippen LogP contribution is 2.34. The molecule has 0 radical (unpaired) electrons. The van der Waals surface area contributed by atoms with Crippen molar-refractivity contribution in [2.75, 3.05) is 37.6 Å². The van der Waals surface area contributed by atoms with Gasteiger partial charge < -0.3 is 9.80 Å². The molecule has 33 heavy (non-hydrogen) atoms. The third-order valence-corrected chi connectivity index (χ3v) is 11.1. The molecule has 1 amide bonds. The fourth-order valence-electron chi connectivity index (χ4n) is 4.36. The number of nitrogens with zero attached hydrogens (tertiary/aromatic N) is 4. The summed E-state index contributed by atoms with van der Waals surface area (Å²) >= 11 is 14.9. The number of aromatic nitrogens is 1. The van der Waals surface area contributed by atoms with Gasteiger partial charge in [0.2, 0.25) is 5.91 Å². The van der Waals surface area contributed by atoms with E-state index >= 15 is 0 Å². The number of carbonyl (C=O) groups excluding carboxylic acids is 1. The molecule has 2 aliphatic rings. The number of thiazole rings is 1. The van der Waals surface area contributed by atoms with Crippen LogP contribution in [0.15, 0.2) is 34.5 Å². The second kappa shape index (κ2) is 9.31. The van der Waals surface area contributed by atoms with Crippen LogP contribution in [0.3, 0.4) is 0 Å². The maximum Gasteiger partial charge on any atom is 0.253 e. The Bertz CT molecular complexity index is 1280. The van der Waals surface area contributed by atoms with Gasteiger partial charge in [-0.2, -0.15) is 4.31 Å². The van der Waals surface area contributed by atoms with Crippen LogP contribution in [0.2, 0.25) is 9.36 Å². The van der Waals surface area contributed by atoms with E-state index in [0.29, 0.717) is 48.5 Å². The summed E-state index contributed by atoms with van der Waals surface area (Å²) in [5, 5.41) is 1.52. The topological polar surface area (TPSA) is 73.8 Å². The number of rotatable bonds is 4. The average molecular weight is 546 g/mol. The lowest BCUT2D eigenvalue weighted by Crippen LogP contribution is -2.57. The van der Waals surface area contributed by atoms with Gasteiger partial charge in [0.25, 0.3) is 10.0 Å². The number of fused-ring (bicyclic) bond motifs is 1. The first-order chi connectivity index (χ1) is 15.8. The van der Waals surface area contributed by atoms with Gasteiger partial charge in [-0.3, -0.25) is 4.79 Å². The van der Waals surface area contributed by atoms with Crippen molar-refractivity contribution >= 4 is 77.2 Å². The van der Waals surface area contributed by atoms with E-state index in [-0.39, 0.29) is 10.1 Å². The third kappa shape index (κ3) is 4.49. The summed E-state index contributed by atoms with van der Waals surface area (Å²) < 4.78 is 29.5. The molecule has 5 rings (SSSR count). The Labute approximate surface area is 210 Å². The van der Waals surface area contributed by atoms with Gasteiger partial charge >= 0.3 is 0 Å². The quantitative estimate of drug-likeness (QED) is 0.481. The monoisotopic (exact) mass is 544 g/mol. The molecule has 1 atom stereocenters. The number of hydrogen-bond acceptors (Lipinski definition) is 7. The Balaban J connectivity index is 1.29. The average Bonchev–Trinajstić information content (AvgIpc) is 3.46. The van der Waals surface area contributed by atoms with Crippen LogP contribution in [-0.2, 0) is 14.8 Å². The zero-order valence-electron chi connectivity index (χ0n) is 17.6. The van der Waals surface area contributed by atoms with E-state index in [1.165, 1.54) is 10.4 Å². The molecule has 0 bridgehead atoms. The first-order valence-electron chi connectivity index (χ1n) is 10.7. The first kappa shape index (κ1) is 23.3. The predicted octanol–water partition coefficient (Wildman–Crippen LogP) is 4.56. The van der Waals surface area contributed by atoms with Crippen molar-refractivity contribution in [1.82, 2.24) is 14.2 Å². The number of anilines is 1. The molecule has 2 fully saturated rings. The Morgan fingerprint density at radius 2 is 1.79 bits per heavy atom. The van der Waals surface area contributed by atoms with Crippen LogP contribution in [0, 0.1) is 0 Å². The van der Waals surface area contributed by atoms with E-state index < -0.39 is 16.1 Å². The van der Waals surface area contributed by atoms with Crippen molar-refractivity contribution in [1.29, 1.82) is 0 Å². The van der Waals surface area contributed by atoms with Crippen LogP contribution in [0.1, 0.15) is 19.3 Å². The minimum Gasteiger partial charge on any atom is -0.345 e. The minimum atomic E-state index is -3.76. The lowest BCUT2D eigenvalue weighted by Gasteiger charge is -2.40. The molecule has 1 unspecified atom stereocenters. The Hall–Kier alpha value is -1.43. The van der Waals surface area contributed by atoms with E-state index in [1.54, 1.807) is 22.3 Å². The predicted molar refractivity (Wildman–Crippen MR) is 134 cm³/mol. The van der Waals surface area contributed by atoms with Gasteiger partial charge in [-0.1, -0.05) is 47.0 Å². The number of halogens is 2. The molecule has 0 N–H and O–H groups in total. The number of piperazine rings is 1. The normalized spacial score (nSPS) is 20.5. The molecule has 0 aliphatic carbocycles. The summed E-state index contributed by atoms with van der Waals surface area (Å²) in [7, 11) is -3.76. The molecule has 2 saturated heterocycles. The molecule has 2 aliphatic heterocycles. The minimum absolute atomic E-state index is 0.118. The van der Waals surface area contributed by atoms with E-state index in [2.05, 4.69) is 9.88 Å². The van der Waals surface area contributed by atoms with Crippen molar-refractivity contribution in [3.8, 4) is 0 Å². The van der Waals surface area contributed by atoms with Crippen molar-refractivity contribution in [2.45, 2.75) is 29.5 Å². The second-order valence-electron chi connectivity index (χ2n) is 8.08. The van der Waals surface area contributed by atoms with E-state index in [1.807, 2.05) is 18.2 Å². The Kier molecular flexibility index (Phi) is 6.58. The summed E-state index contributed by atoms with van der Waals surface area (Å²) in [5.74, 6) is -0.118. The summed E-state index contributed by atoms with van der Waals surface area (Å²) in [4.78, 5) is 22.1. The fourth-order valence-corrected chi connectivity index (χ4v) is 8.94. The maximum absolute atomic E-state index is 13.4. The van der Waals surface area contributed by atoms with E-state index in [4.69, 9.17) is 23.2 Å². The van der Waals surface area contributed by atoms with Crippen LogP contribution in [0.5, 0.6) is 0 Å². The van der Waals surface area contributed by atoms with Crippen molar-refractivity contribution in [3.05, 3.63) is 39.7 Å². The maximum atomic E-state index is 13.4. The number of hydrogen-bond donors (Lipinski definition) is 0. The van der Waals surface area contributed by atoms with Crippen LogP contribution in [0.4, 0.5) is 5.13 Å². The SMILES string of the molecule is O=C(C1CCCCN1S(=O)(=O)c1ccc(Cl)s1)N1CCN(c2nc3c(Cl)cccc3s2)CC1. The van der Waals surface area contributed by atoms with Crippen molar-refractivity contribution < 1.29 is 13.2 Å². The summed E-state index contributed by atoms with van der Waals surface area (Å²) in [6.45, 7) is 2.68. The standard InChI is InChI=1S/C21H22Cl2N4O3S3/c22-14-4-3-6-16-19(14)24-21(31-16)26-12-10-25(11-13-26)20(28)15-5-1-2-9-27(15)33(29,30)18-8-7-17(23)32-18/h3-4,6-8,15H,1-2,5,9-13H2. The van der Waals surface area contributed by atoms with Crippen LogP contribution in [-0.4, -0.2) is 67.3 Å². The highest BCUT2D eigenvalue weighted by atomic mass is 35.5. The molecule has 2 aromatic heterocycles. The van der Waals surface area contributed by atoms with Gasteiger partial charge in [0.15, 0.2) is 5.13 Å². The second-order valence-corrected chi connectivity index (χ2v) is 13.3. The number of sulfonamides is 1. The molecule has 1 aromatic carbocycles. The fraction of sp³-hybridized carbons (Fsp3) is 0.429. The highest BCUT2D eigenvalue weighted by molar-refractivity contribution is 7.91. The molecule has 12 heteroatoms.